The number of aromatic nitrogens is 2. The van der Waals surface area contributed by atoms with Crippen molar-refractivity contribution in [2.75, 3.05) is 0 Å². The Morgan fingerprint density at radius 1 is 0.610 bits per heavy atom. The first-order valence-electron chi connectivity index (χ1n) is 12.7. The summed E-state index contributed by atoms with van der Waals surface area (Å²) in [4.78, 5) is 0. The van der Waals surface area contributed by atoms with Crippen LogP contribution < -0.4 is 23.2 Å². The Morgan fingerprint density at radius 2 is 1.07 bits per heavy atom. The molecule has 0 radical (unpaired) electrons. The van der Waals surface area contributed by atoms with Crippen LogP contribution in [0.1, 0.15) is 0 Å². The highest BCUT2D eigenvalue weighted by molar-refractivity contribution is 6.30. The van der Waals surface area contributed by atoms with Crippen molar-refractivity contribution in [3.63, 3.8) is 0 Å². The lowest BCUT2D eigenvalue weighted by Gasteiger charge is -2.17. The molecule has 0 saturated heterocycles. The topological polar surface area (TPSA) is 101 Å². The van der Waals surface area contributed by atoms with E-state index in [4.69, 9.17) is 30.2 Å². The SMILES string of the molecule is Cn1c(-c2c(-c3ccccc3)cc(-c3ccc(Cl)cc3)cc2-c2ccccc2)[n+](C)c2ccccc21.[O-][Cl+3]([O-])([O-])[O-]. The average molecular weight is 585 g/mol. The van der Waals surface area contributed by atoms with E-state index in [-0.39, 0.29) is 0 Å². The first kappa shape index (κ1) is 28.5. The molecule has 6 aromatic rings. The van der Waals surface area contributed by atoms with Crippen molar-refractivity contribution in [1.29, 1.82) is 0 Å². The highest BCUT2D eigenvalue weighted by atomic mass is 35.7. The second kappa shape index (κ2) is 11.8. The molecule has 0 atom stereocenters. The van der Waals surface area contributed by atoms with Crippen LogP contribution in [0.5, 0.6) is 0 Å². The van der Waals surface area contributed by atoms with Gasteiger partial charge >= 0.3 is 0 Å². The lowest BCUT2D eigenvalue weighted by atomic mass is 9.87. The largest absolute Gasteiger partial charge is 0.290 e. The van der Waals surface area contributed by atoms with Crippen LogP contribution in [0.25, 0.3) is 55.8 Å². The van der Waals surface area contributed by atoms with Crippen molar-refractivity contribution in [3.8, 4) is 44.8 Å². The van der Waals surface area contributed by atoms with Gasteiger partial charge in [-0.25, -0.2) is 27.8 Å². The molecule has 0 aliphatic carbocycles. The van der Waals surface area contributed by atoms with Gasteiger partial charge in [0.1, 0.15) is 0 Å². The second-order valence-corrected chi connectivity index (χ2v) is 10.7. The smallest absolute Gasteiger partial charge is 0.226 e. The molecule has 8 heteroatoms. The van der Waals surface area contributed by atoms with Crippen molar-refractivity contribution < 1.29 is 33.4 Å². The molecular formula is C33H26Cl2N2O4. The van der Waals surface area contributed by atoms with Crippen LogP contribution in [-0.4, -0.2) is 4.57 Å². The van der Waals surface area contributed by atoms with E-state index in [1.165, 1.54) is 38.9 Å². The van der Waals surface area contributed by atoms with Crippen LogP contribution in [0.4, 0.5) is 0 Å². The van der Waals surface area contributed by atoms with E-state index < -0.39 is 10.2 Å². The molecule has 5 aromatic carbocycles. The maximum Gasteiger partial charge on any atom is 0.290 e. The van der Waals surface area contributed by atoms with Gasteiger partial charge in [0.05, 0.1) is 19.7 Å². The molecule has 0 unspecified atom stereocenters. The second-order valence-electron chi connectivity index (χ2n) is 9.49. The maximum atomic E-state index is 8.49. The lowest BCUT2D eigenvalue weighted by Crippen LogP contribution is -2.68. The summed E-state index contributed by atoms with van der Waals surface area (Å²) < 4.78 is 38.6. The summed E-state index contributed by atoms with van der Waals surface area (Å²) in [7, 11) is -0.622. The molecular weight excluding hydrogens is 559 g/mol. The van der Waals surface area contributed by atoms with Crippen LogP contribution in [0.3, 0.4) is 0 Å². The number of halogens is 2. The molecule has 0 aliphatic heterocycles. The lowest BCUT2D eigenvalue weighted by molar-refractivity contribution is -2.00. The summed E-state index contributed by atoms with van der Waals surface area (Å²) in [5.41, 5.74) is 10.7. The fourth-order valence-corrected chi connectivity index (χ4v) is 5.33. The molecule has 6 rings (SSSR count). The average Bonchev–Trinajstić information content (AvgIpc) is 3.22. The summed E-state index contributed by atoms with van der Waals surface area (Å²) in [5, 5.41) is 0.740. The molecule has 41 heavy (non-hydrogen) atoms. The molecule has 0 saturated carbocycles. The zero-order chi connectivity index (χ0) is 29.1. The van der Waals surface area contributed by atoms with E-state index in [0.717, 1.165) is 22.0 Å². The van der Waals surface area contributed by atoms with E-state index in [2.05, 4.69) is 132 Å². The van der Waals surface area contributed by atoms with E-state index in [9.17, 15) is 0 Å². The van der Waals surface area contributed by atoms with Gasteiger partial charge in [-0.05, 0) is 69.8 Å². The highest BCUT2D eigenvalue weighted by Crippen LogP contribution is 2.43. The third kappa shape index (κ3) is 6.34. The third-order valence-corrected chi connectivity index (χ3v) is 7.20. The van der Waals surface area contributed by atoms with Crippen LogP contribution in [-0.2, 0) is 14.1 Å². The summed E-state index contributed by atoms with van der Waals surface area (Å²) >= 11 is 6.23. The van der Waals surface area contributed by atoms with E-state index >= 15 is 0 Å². The van der Waals surface area contributed by atoms with Crippen molar-refractivity contribution in [3.05, 3.63) is 126 Å². The summed E-state index contributed by atoms with van der Waals surface area (Å²) in [6.45, 7) is 0. The van der Waals surface area contributed by atoms with Crippen molar-refractivity contribution in [2.45, 2.75) is 0 Å². The Labute approximate surface area is 245 Å². The number of hydrogen-bond acceptors (Lipinski definition) is 4. The van der Waals surface area contributed by atoms with Gasteiger partial charge in [-0.3, -0.25) is 0 Å². The number of imidazole rings is 1. The number of fused-ring (bicyclic) bond motifs is 1. The number of para-hydroxylation sites is 2. The minimum absolute atomic E-state index is 0.740. The first-order valence-corrected chi connectivity index (χ1v) is 14.3. The standard InChI is InChI=1S/C33H26ClN2.ClHO4/c1-35-30-15-9-10-16-31(30)36(2)33(35)32-28(24-11-5-3-6-12-24)21-26(23-17-19-27(34)20-18-23)22-29(32)25-13-7-4-8-14-25;2-1(3,4)5/h3-22H,1-2H3;(H,2,3,4,5)/q+1;/p-1. The fourth-order valence-electron chi connectivity index (χ4n) is 5.20. The van der Waals surface area contributed by atoms with Crippen molar-refractivity contribution >= 4 is 22.6 Å². The Kier molecular flexibility index (Phi) is 8.24. The quantitative estimate of drug-likeness (QED) is 0.296. The van der Waals surface area contributed by atoms with Crippen LogP contribution in [0, 0.1) is 10.2 Å². The van der Waals surface area contributed by atoms with E-state index in [1.807, 2.05) is 12.1 Å². The maximum absolute atomic E-state index is 8.49. The van der Waals surface area contributed by atoms with Gasteiger partial charge in [-0.15, -0.1) is 10.2 Å². The zero-order valence-corrected chi connectivity index (χ0v) is 23.8. The summed E-state index contributed by atoms with van der Waals surface area (Å²) in [6, 6.07) is 42.7. The van der Waals surface area contributed by atoms with Gasteiger partial charge in [0.2, 0.25) is 0 Å². The van der Waals surface area contributed by atoms with E-state index in [0.29, 0.717) is 0 Å². The Balaban J connectivity index is 0.000000623. The number of aryl methyl sites for hydroxylation is 2. The minimum Gasteiger partial charge on any atom is -0.226 e. The van der Waals surface area contributed by atoms with Crippen LogP contribution in [0.15, 0.2) is 121 Å². The van der Waals surface area contributed by atoms with Crippen molar-refractivity contribution in [2.24, 2.45) is 14.1 Å². The molecule has 1 heterocycles. The molecule has 0 aliphatic rings. The number of rotatable bonds is 4. The highest BCUT2D eigenvalue weighted by Gasteiger charge is 2.28. The molecule has 0 N–H and O–H groups in total. The molecule has 1 aromatic heterocycles. The molecule has 0 spiro atoms. The van der Waals surface area contributed by atoms with E-state index in [1.54, 1.807) is 0 Å². The number of hydrogen-bond donors (Lipinski definition) is 0. The van der Waals surface area contributed by atoms with Gasteiger partial charge in [-0.2, -0.15) is 0 Å². The van der Waals surface area contributed by atoms with Gasteiger partial charge in [0.25, 0.3) is 5.82 Å². The first-order chi connectivity index (χ1) is 19.6. The molecule has 206 valence electrons. The molecule has 0 fully saturated rings. The van der Waals surface area contributed by atoms with Gasteiger partial charge in [0, 0.05) is 5.02 Å². The molecule has 6 nitrogen and oxygen atoms in total. The fraction of sp³-hybridized carbons (Fsp3) is 0.0606. The predicted molar refractivity (Wildman–Crippen MR) is 151 cm³/mol. The van der Waals surface area contributed by atoms with Crippen LogP contribution in [0.2, 0.25) is 5.02 Å². The van der Waals surface area contributed by atoms with Crippen molar-refractivity contribution in [1.82, 2.24) is 4.57 Å². The minimum atomic E-state index is -4.94. The monoisotopic (exact) mass is 584 g/mol. The number of nitrogens with zero attached hydrogens (tertiary/aromatic N) is 2. The Bertz CT molecular complexity index is 1690. The Hall–Kier alpha value is -4.01. The zero-order valence-electron chi connectivity index (χ0n) is 22.3. The number of benzene rings is 5. The summed E-state index contributed by atoms with van der Waals surface area (Å²) in [5.74, 6) is 1.16. The normalized spacial score (nSPS) is 11.3. The summed E-state index contributed by atoms with van der Waals surface area (Å²) in [6.07, 6.45) is 0. The van der Waals surface area contributed by atoms with Gasteiger partial charge in [-0.1, -0.05) is 96.5 Å². The molecule has 0 bridgehead atoms. The van der Waals surface area contributed by atoms with Crippen LogP contribution >= 0.6 is 11.6 Å². The van der Waals surface area contributed by atoms with Gasteiger partial charge < -0.3 is 0 Å². The molecule has 0 amide bonds. The Morgan fingerprint density at radius 3 is 1.56 bits per heavy atom. The third-order valence-electron chi connectivity index (χ3n) is 6.95. The van der Waals surface area contributed by atoms with Gasteiger partial charge in [0.15, 0.2) is 11.0 Å². The predicted octanol–water partition coefficient (Wildman–Crippen LogP) is 3.57.